The number of amides is 2. The molecule has 1 aromatic rings. The normalized spacial score (nSPS) is 16.5. The van der Waals surface area contributed by atoms with Gasteiger partial charge < -0.3 is 42.6 Å². The Labute approximate surface area is 244 Å². The summed E-state index contributed by atoms with van der Waals surface area (Å²) < 4.78 is 28.6. The zero-order valence-corrected chi connectivity index (χ0v) is 23.9. The maximum atomic E-state index is 13.2. The van der Waals surface area contributed by atoms with Crippen LogP contribution in [0.2, 0.25) is 0 Å². The van der Waals surface area contributed by atoms with Crippen molar-refractivity contribution in [3.63, 3.8) is 0 Å². The number of nitrogens with zero attached hydrogens (tertiary/aromatic N) is 2. The van der Waals surface area contributed by atoms with E-state index in [1.165, 1.54) is 24.3 Å². The molecule has 0 saturated carbocycles. The number of aromatic carboxylic acids is 1. The van der Waals surface area contributed by atoms with Crippen LogP contribution in [0.4, 0.5) is 0 Å². The largest absolute Gasteiger partial charge is 0.478 e. The molecule has 16 nitrogen and oxygen atoms in total. The molecule has 3 atom stereocenters. The molecule has 1 unspecified atom stereocenters. The van der Waals surface area contributed by atoms with Crippen molar-refractivity contribution in [2.24, 2.45) is 28.1 Å². The van der Waals surface area contributed by atoms with Crippen molar-refractivity contribution in [3.05, 3.63) is 35.4 Å². The highest BCUT2D eigenvalue weighted by Crippen LogP contribution is 2.22. The highest BCUT2D eigenvalue weighted by molar-refractivity contribution is 7.88. The molecule has 17 heteroatoms. The summed E-state index contributed by atoms with van der Waals surface area (Å²) in [5.74, 6) is -3.86. The fraction of sp³-hybridized carbons (Fsp3) is 0.520. The first-order valence-electron chi connectivity index (χ1n) is 13.3. The molecular formula is C25H39N9O7S. The van der Waals surface area contributed by atoms with Crippen molar-refractivity contribution < 1.29 is 32.7 Å². The molecule has 2 amide bonds. The van der Waals surface area contributed by atoms with Gasteiger partial charge in [0.25, 0.3) is 0 Å². The molecule has 232 valence electrons. The lowest BCUT2D eigenvalue weighted by Crippen LogP contribution is -2.52. The predicted octanol–water partition coefficient (Wildman–Crippen LogP) is -1.98. The molecule has 1 aromatic carbocycles. The molecule has 42 heavy (non-hydrogen) atoms. The Morgan fingerprint density at radius 3 is 2.57 bits per heavy atom. The van der Waals surface area contributed by atoms with Crippen molar-refractivity contribution in [2.75, 3.05) is 26.2 Å². The zero-order chi connectivity index (χ0) is 31.3. The van der Waals surface area contributed by atoms with Crippen LogP contribution in [0.5, 0.6) is 0 Å². The number of carbonyl (C=O) groups excluding carboxylic acids is 3. The van der Waals surface area contributed by atoms with Crippen molar-refractivity contribution in [1.29, 1.82) is 5.41 Å². The second-order valence-corrected chi connectivity index (χ2v) is 11.7. The van der Waals surface area contributed by atoms with Gasteiger partial charge in [-0.25, -0.2) is 17.9 Å². The minimum Gasteiger partial charge on any atom is -0.478 e. The third-order valence-corrected chi connectivity index (χ3v) is 7.90. The van der Waals surface area contributed by atoms with Crippen LogP contribution in [0.25, 0.3) is 0 Å². The molecule has 0 aliphatic carbocycles. The zero-order valence-electron chi connectivity index (χ0n) is 23.1. The van der Waals surface area contributed by atoms with Crippen molar-refractivity contribution in [3.8, 4) is 0 Å². The van der Waals surface area contributed by atoms with E-state index in [0.717, 1.165) is 0 Å². The number of sulfonamides is 1. The van der Waals surface area contributed by atoms with Crippen LogP contribution < -0.4 is 32.6 Å². The second kappa shape index (κ2) is 16.3. The highest BCUT2D eigenvalue weighted by atomic mass is 32.2. The van der Waals surface area contributed by atoms with Crippen molar-refractivity contribution in [2.45, 2.75) is 49.9 Å². The van der Waals surface area contributed by atoms with E-state index in [1.54, 1.807) is 4.90 Å². The molecule has 1 fully saturated rings. The van der Waals surface area contributed by atoms with E-state index in [-0.39, 0.29) is 48.4 Å². The van der Waals surface area contributed by atoms with Gasteiger partial charge in [-0.1, -0.05) is 18.2 Å². The molecule has 0 aromatic heterocycles. The number of likely N-dealkylation sites (tertiary alicyclic amines) is 1. The van der Waals surface area contributed by atoms with E-state index >= 15 is 0 Å². The van der Waals surface area contributed by atoms with Gasteiger partial charge in [-0.2, -0.15) is 0 Å². The number of hydrogen-bond acceptors (Lipinski definition) is 8. The average Bonchev–Trinajstić information content (AvgIpc) is 2.92. The molecule has 0 bridgehead atoms. The van der Waals surface area contributed by atoms with Gasteiger partial charge >= 0.3 is 5.97 Å². The molecule has 11 N–H and O–H groups in total. The SMILES string of the molecule is N=C(N)N1CCCC(C[C@@H](NS(=O)(=O)Cc2ccccc2C(=O)O)C(=O)NCC(=O)N[C@H](C=O)CCCN=C(N)N)C1. The summed E-state index contributed by atoms with van der Waals surface area (Å²) in [7, 11) is -4.23. The monoisotopic (exact) mass is 609 g/mol. The van der Waals surface area contributed by atoms with Gasteiger partial charge in [0, 0.05) is 19.6 Å². The Hall–Kier alpha value is -4.25. The number of carboxylic acid groups (broad SMARTS) is 1. The summed E-state index contributed by atoms with van der Waals surface area (Å²) >= 11 is 0. The Bertz CT molecular complexity index is 1270. The molecule has 0 radical (unpaired) electrons. The van der Waals surface area contributed by atoms with Gasteiger partial charge in [-0.3, -0.25) is 20.0 Å². The predicted molar refractivity (Wildman–Crippen MR) is 155 cm³/mol. The fourth-order valence-electron chi connectivity index (χ4n) is 4.58. The Morgan fingerprint density at radius 2 is 1.93 bits per heavy atom. The lowest BCUT2D eigenvalue weighted by Gasteiger charge is -2.34. The van der Waals surface area contributed by atoms with Crippen molar-refractivity contribution in [1.82, 2.24) is 20.3 Å². The van der Waals surface area contributed by atoms with Gasteiger partial charge in [0.1, 0.15) is 12.3 Å². The van der Waals surface area contributed by atoms with E-state index in [4.69, 9.17) is 22.6 Å². The maximum Gasteiger partial charge on any atom is 0.335 e. The number of nitrogens with one attached hydrogen (secondary N) is 4. The van der Waals surface area contributed by atoms with Gasteiger partial charge in [0.05, 0.1) is 23.9 Å². The minimum absolute atomic E-state index is 0.0381. The van der Waals surface area contributed by atoms with Gasteiger partial charge in [0.15, 0.2) is 11.9 Å². The lowest BCUT2D eigenvalue weighted by atomic mass is 9.91. The summed E-state index contributed by atoms with van der Waals surface area (Å²) in [6, 6.07) is 3.48. The van der Waals surface area contributed by atoms with Crippen LogP contribution in [-0.2, 0) is 30.2 Å². The number of nitrogens with two attached hydrogens (primary N) is 3. The molecular weight excluding hydrogens is 570 g/mol. The summed E-state index contributed by atoms with van der Waals surface area (Å²) in [5, 5.41) is 22.0. The third kappa shape index (κ3) is 11.7. The summed E-state index contributed by atoms with van der Waals surface area (Å²) in [5.41, 5.74) is 16.0. The minimum atomic E-state index is -4.23. The number of guanidine groups is 2. The average molecular weight is 610 g/mol. The standard InChI is InChI=1S/C25H39N9O7S/c26-24(27)30-9-3-7-18(14-35)32-21(36)12-31-22(37)20(11-16-5-4-10-34(13-16)25(28)29)33-42(40,41)15-17-6-1-2-8-19(17)23(38)39/h1-2,6,8,14,16,18,20,33H,3-5,7,9-13,15H2,(H3,28,29)(H,31,37)(H,32,36)(H,38,39)(H4,26,27,30)/t16?,18-,20+/m0/s1. The van der Waals surface area contributed by atoms with Gasteiger partial charge in [0.2, 0.25) is 21.8 Å². The number of aliphatic imine (C=N–C) groups is 1. The molecule has 1 heterocycles. The summed E-state index contributed by atoms with van der Waals surface area (Å²) in [6.45, 7) is 0.635. The van der Waals surface area contributed by atoms with Crippen LogP contribution in [-0.4, -0.2) is 92.7 Å². The van der Waals surface area contributed by atoms with Crippen LogP contribution in [0.1, 0.15) is 48.0 Å². The topological polar surface area (TPSA) is 276 Å². The smallest absolute Gasteiger partial charge is 0.335 e. The fourth-order valence-corrected chi connectivity index (χ4v) is 5.96. The number of rotatable bonds is 16. The lowest BCUT2D eigenvalue weighted by molar-refractivity contribution is -0.128. The first-order valence-corrected chi connectivity index (χ1v) is 14.9. The van der Waals surface area contributed by atoms with E-state index in [0.29, 0.717) is 38.6 Å². The van der Waals surface area contributed by atoms with E-state index < -0.39 is 52.2 Å². The Balaban J connectivity index is 2.11. The second-order valence-electron chi connectivity index (χ2n) is 9.94. The first kappa shape index (κ1) is 34.0. The number of benzene rings is 1. The molecule has 0 spiro atoms. The van der Waals surface area contributed by atoms with E-state index in [9.17, 15) is 32.7 Å². The molecule has 1 saturated heterocycles. The molecule has 1 aliphatic rings. The van der Waals surface area contributed by atoms with Gasteiger partial charge in [-0.15, -0.1) is 0 Å². The van der Waals surface area contributed by atoms with Crippen LogP contribution >= 0.6 is 0 Å². The summed E-state index contributed by atoms with van der Waals surface area (Å²) in [4.78, 5) is 53.9. The van der Waals surface area contributed by atoms with Crippen LogP contribution in [0.15, 0.2) is 29.3 Å². The van der Waals surface area contributed by atoms with E-state index in [2.05, 4.69) is 20.3 Å². The molecule has 1 aliphatic heterocycles. The number of piperidine rings is 1. The molecule has 2 rings (SSSR count). The number of carboxylic acids is 1. The Morgan fingerprint density at radius 1 is 1.21 bits per heavy atom. The maximum absolute atomic E-state index is 13.2. The van der Waals surface area contributed by atoms with Crippen LogP contribution in [0, 0.1) is 11.3 Å². The first-order chi connectivity index (χ1) is 19.8. The number of aldehydes is 1. The number of hydrogen-bond donors (Lipinski definition) is 8. The highest BCUT2D eigenvalue weighted by Gasteiger charge is 2.31. The number of carbonyl (C=O) groups is 4. The van der Waals surface area contributed by atoms with Crippen molar-refractivity contribution >= 4 is 46.0 Å². The quantitative estimate of drug-likeness (QED) is 0.0440. The Kier molecular flexibility index (Phi) is 13.1. The summed E-state index contributed by atoms with van der Waals surface area (Å²) in [6.07, 6.45) is 2.59. The van der Waals surface area contributed by atoms with Crippen LogP contribution in [0.3, 0.4) is 0 Å². The van der Waals surface area contributed by atoms with Gasteiger partial charge in [-0.05, 0) is 49.7 Å². The third-order valence-electron chi connectivity index (χ3n) is 6.56. The van der Waals surface area contributed by atoms with E-state index in [1.807, 2.05) is 0 Å².